The fourth-order valence-electron chi connectivity index (χ4n) is 2.52. The van der Waals surface area contributed by atoms with E-state index in [2.05, 4.69) is 22.5 Å². The van der Waals surface area contributed by atoms with Gasteiger partial charge < -0.3 is 10.1 Å². The molecule has 1 saturated carbocycles. The monoisotopic (exact) mass is 237 g/mol. The third kappa shape index (κ3) is 2.04. The molecule has 2 aliphatic heterocycles. The van der Waals surface area contributed by atoms with Gasteiger partial charge in [-0.3, -0.25) is 10.1 Å². The van der Waals surface area contributed by atoms with Crippen molar-refractivity contribution in [1.82, 2.24) is 10.6 Å². The average Bonchev–Trinajstić information content (AvgIpc) is 3.08. The van der Waals surface area contributed by atoms with E-state index in [1.807, 2.05) is 0 Å². The number of aliphatic imine (C=N–C) groups is 1. The summed E-state index contributed by atoms with van der Waals surface area (Å²) < 4.78 is 5.63. The van der Waals surface area contributed by atoms with Gasteiger partial charge in [-0.1, -0.05) is 6.92 Å². The van der Waals surface area contributed by atoms with Gasteiger partial charge in [-0.15, -0.1) is 0 Å². The van der Waals surface area contributed by atoms with Crippen LogP contribution in [0.25, 0.3) is 0 Å². The lowest BCUT2D eigenvalue weighted by atomic mass is 9.86. The van der Waals surface area contributed by atoms with E-state index >= 15 is 0 Å². The fraction of sp³-hybridized carbons (Fsp3) is 0.833. The Morgan fingerprint density at radius 2 is 2.35 bits per heavy atom. The van der Waals surface area contributed by atoms with Gasteiger partial charge in [-0.2, -0.15) is 0 Å². The molecule has 0 aromatic carbocycles. The highest BCUT2D eigenvalue weighted by molar-refractivity contribution is 6.09. The van der Waals surface area contributed by atoms with Gasteiger partial charge in [0.1, 0.15) is 5.54 Å². The maximum atomic E-state index is 12.1. The van der Waals surface area contributed by atoms with Crippen molar-refractivity contribution in [1.29, 1.82) is 0 Å². The molecule has 2 unspecified atom stereocenters. The molecule has 94 valence electrons. The first-order chi connectivity index (χ1) is 8.22. The molecule has 2 saturated heterocycles. The lowest BCUT2D eigenvalue weighted by Gasteiger charge is -2.35. The average molecular weight is 237 g/mol. The maximum absolute atomic E-state index is 12.1. The van der Waals surface area contributed by atoms with Gasteiger partial charge in [-0.05, 0) is 19.3 Å². The maximum Gasteiger partial charge on any atom is 0.252 e. The molecule has 2 atom stereocenters. The number of hydrogen-bond acceptors (Lipinski definition) is 3. The first-order valence-electron chi connectivity index (χ1n) is 6.51. The predicted octanol–water partition coefficient (Wildman–Crippen LogP) is 0.552. The summed E-state index contributed by atoms with van der Waals surface area (Å²) in [5, 5.41) is 6.18. The molecule has 17 heavy (non-hydrogen) atoms. The fourth-order valence-corrected chi connectivity index (χ4v) is 2.52. The molecular formula is C12H19N3O2. The number of amides is 1. The van der Waals surface area contributed by atoms with Crippen LogP contribution in [0.4, 0.5) is 0 Å². The van der Waals surface area contributed by atoms with Crippen LogP contribution < -0.4 is 10.6 Å². The third-order valence-corrected chi connectivity index (χ3v) is 3.80. The summed E-state index contributed by atoms with van der Waals surface area (Å²) in [5.41, 5.74) is -0.466. The summed E-state index contributed by atoms with van der Waals surface area (Å²) in [5.74, 6) is 0.743. The molecule has 0 aromatic rings. The SMILES string of the molecule is CCC1CC2(CCO1)NC(=NC1CC1)NC2=O. The van der Waals surface area contributed by atoms with Crippen molar-refractivity contribution in [3.63, 3.8) is 0 Å². The predicted molar refractivity (Wildman–Crippen MR) is 63.7 cm³/mol. The van der Waals surface area contributed by atoms with Gasteiger partial charge >= 0.3 is 0 Å². The number of carbonyl (C=O) groups is 1. The lowest BCUT2D eigenvalue weighted by molar-refractivity contribution is -0.129. The molecule has 0 radical (unpaired) electrons. The second-order valence-electron chi connectivity index (χ2n) is 5.23. The van der Waals surface area contributed by atoms with E-state index in [1.165, 1.54) is 0 Å². The molecule has 3 aliphatic rings. The molecule has 1 amide bonds. The minimum absolute atomic E-state index is 0.0682. The first kappa shape index (κ1) is 11.0. The van der Waals surface area contributed by atoms with Crippen molar-refractivity contribution in [3.05, 3.63) is 0 Å². The second kappa shape index (κ2) is 3.98. The standard InChI is InChI=1S/C12H19N3O2/c1-2-9-7-12(5-6-17-9)10(16)14-11(15-12)13-8-3-4-8/h8-9H,2-7H2,1H3,(H2,13,14,15,16). The third-order valence-electron chi connectivity index (χ3n) is 3.80. The first-order valence-corrected chi connectivity index (χ1v) is 6.51. The van der Waals surface area contributed by atoms with Crippen LogP contribution in [0, 0.1) is 0 Å². The van der Waals surface area contributed by atoms with Gasteiger partial charge in [0.05, 0.1) is 12.1 Å². The Labute approximate surface area is 101 Å². The number of hydrogen-bond donors (Lipinski definition) is 2. The number of ether oxygens (including phenoxy) is 1. The van der Waals surface area contributed by atoms with E-state index in [1.54, 1.807) is 0 Å². The zero-order chi connectivity index (χ0) is 11.9. The van der Waals surface area contributed by atoms with Crippen molar-refractivity contribution in [3.8, 4) is 0 Å². The largest absolute Gasteiger partial charge is 0.378 e. The molecule has 1 spiro atoms. The Kier molecular flexibility index (Phi) is 2.58. The number of guanidine groups is 1. The quantitative estimate of drug-likeness (QED) is 0.737. The van der Waals surface area contributed by atoms with E-state index in [9.17, 15) is 4.79 Å². The molecule has 0 bridgehead atoms. The Bertz CT molecular complexity index is 365. The van der Waals surface area contributed by atoms with Crippen molar-refractivity contribution in [2.24, 2.45) is 4.99 Å². The van der Waals surface area contributed by atoms with Crippen LogP contribution in [0.1, 0.15) is 39.0 Å². The second-order valence-corrected chi connectivity index (χ2v) is 5.23. The van der Waals surface area contributed by atoms with Crippen LogP contribution in [0.3, 0.4) is 0 Å². The van der Waals surface area contributed by atoms with E-state index < -0.39 is 5.54 Å². The van der Waals surface area contributed by atoms with E-state index in [4.69, 9.17) is 4.74 Å². The van der Waals surface area contributed by atoms with E-state index in [0.29, 0.717) is 18.6 Å². The van der Waals surface area contributed by atoms with Crippen molar-refractivity contribution in [2.75, 3.05) is 6.61 Å². The molecule has 2 N–H and O–H groups in total. The highest BCUT2D eigenvalue weighted by atomic mass is 16.5. The van der Waals surface area contributed by atoms with E-state index in [-0.39, 0.29) is 12.0 Å². The molecule has 2 heterocycles. The van der Waals surface area contributed by atoms with Gasteiger partial charge in [-0.25, -0.2) is 4.99 Å². The molecule has 1 aliphatic carbocycles. The number of rotatable bonds is 2. The summed E-state index contributed by atoms with van der Waals surface area (Å²) in [7, 11) is 0. The zero-order valence-corrected chi connectivity index (χ0v) is 10.2. The number of nitrogens with zero attached hydrogens (tertiary/aromatic N) is 1. The van der Waals surface area contributed by atoms with E-state index in [0.717, 1.165) is 32.1 Å². The van der Waals surface area contributed by atoms with Crippen LogP contribution in [0.2, 0.25) is 0 Å². The van der Waals surface area contributed by atoms with Gasteiger partial charge in [0.2, 0.25) is 0 Å². The summed E-state index contributed by atoms with van der Waals surface area (Å²) in [6.07, 6.45) is 4.91. The Morgan fingerprint density at radius 3 is 3.06 bits per heavy atom. The Morgan fingerprint density at radius 1 is 1.53 bits per heavy atom. The summed E-state index contributed by atoms with van der Waals surface area (Å²) in [4.78, 5) is 16.6. The van der Waals surface area contributed by atoms with Crippen LogP contribution in [0.15, 0.2) is 4.99 Å². The highest BCUT2D eigenvalue weighted by Gasteiger charge is 2.48. The van der Waals surface area contributed by atoms with Crippen LogP contribution in [0.5, 0.6) is 0 Å². The summed E-state index contributed by atoms with van der Waals surface area (Å²) in [6.45, 7) is 2.74. The zero-order valence-electron chi connectivity index (χ0n) is 10.2. The molecular weight excluding hydrogens is 218 g/mol. The summed E-state index contributed by atoms with van der Waals surface area (Å²) in [6, 6.07) is 0.426. The summed E-state index contributed by atoms with van der Waals surface area (Å²) >= 11 is 0. The molecule has 3 fully saturated rings. The normalized spacial score (nSPS) is 39.5. The highest BCUT2D eigenvalue weighted by Crippen LogP contribution is 2.30. The van der Waals surface area contributed by atoms with Gasteiger partial charge in [0.15, 0.2) is 5.96 Å². The molecule has 5 nitrogen and oxygen atoms in total. The molecule has 5 heteroatoms. The van der Waals surface area contributed by atoms with Crippen LogP contribution in [-0.2, 0) is 9.53 Å². The topological polar surface area (TPSA) is 62.7 Å². The number of carbonyl (C=O) groups excluding carboxylic acids is 1. The Balaban J connectivity index is 1.75. The van der Waals surface area contributed by atoms with Gasteiger partial charge in [0, 0.05) is 19.4 Å². The lowest BCUT2D eigenvalue weighted by Crippen LogP contribution is -2.53. The van der Waals surface area contributed by atoms with Crippen LogP contribution in [-0.4, -0.2) is 36.2 Å². The van der Waals surface area contributed by atoms with Crippen molar-refractivity contribution in [2.45, 2.75) is 56.7 Å². The Hall–Kier alpha value is -1.10. The van der Waals surface area contributed by atoms with Crippen LogP contribution >= 0.6 is 0 Å². The van der Waals surface area contributed by atoms with Gasteiger partial charge in [0.25, 0.3) is 5.91 Å². The smallest absolute Gasteiger partial charge is 0.252 e. The minimum Gasteiger partial charge on any atom is -0.378 e. The number of nitrogens with one attached hydrogen (secondary N) is 2. The molecule has 3 rings (SSSR count). The minimum atomic E-state index is -0.466. The van der Waals surface area contributed by atoms with Crippen molar-refractivity contribution >= 4 is 11.9 Å². The molecule has 0 aromatic heterocycles. The van der Waals surface area contributed by atoms with Crippen molar-refractivity contribution < 1.29 is 9.53 Å².